The number of rotatable bonds is 10. The van der Waals surface area contributed by atoms with Gasteiger partial charge in [0.2, 0.25) is 0 Å². The molecule has 64 heavy (non-hydrogen) atoms. The largest absolute Gasteiger partial charge is 0.454 e. The summed E-state index contributed by atoms with van der Waals surface area (Å²) in [6.07, 6.45) is 11.6. The van der Waals surface area contributed by atoms with Gasteiger partial charge in [0.1, 0.15) is 17.1 Å². The quantitative estimate of drug-likeness (QED) is 0.0845. The van der Waals surface area contributed by atoms with Crippen LogP contribution in [-0.4, -0.2) is 10.7 Å². The number of hydrogen-bond acceptors (Lipinski definition) is 2. The van der Waals surface area contributed by atoms with E-state index in [2.05, 4.69) is 177 Å². The smallest absolute Gasteiger partial charge is 0.147 e. The molecule has 0 fully saturated rings. The Balaban J connectivity index is 1.25. The standard InChI is InChI=1S/C62H56O2/c1-5-7-9-19-40-62(41-20-10-8-6-2)57-33-21-25-44(35-37-54-48-27-13-11-23-46(48)43-47-24-12-14-28-49(47)54)59(57)64-60-45(26-22-34-58(60)62)36-38-55-50-29-15-17-31-52(50)56(39-42-61(3,4)63)53-32-18-16-30-51(53)55/h11-18,21-34,43,63H,5-10,19-20,40-41H2,1-4H3. The zero-order chi connectivity index (χ0) is 44.1. The lowest BCUT2D eigenvalue weighted by atomic mass is 9.65. The molecule has 0 unspecified atom stereocenters. The van der Waals surface area contributed by atoms with Crippen molar-refractivity contribution in [2.75, 3.05) is 0 Å². The molecule has 0 atom stereocenters. The van der Waals surface area contributed by atoms with Gasteiger partial charge in [-0.3, -0.25) is 0 Å². The summed E-state index contributed by atoms with van der Waals surface area (Å²) in [6.45, 7) is 8.02. The molecule has 0 aromatic heterocycles. The van der Waals surface area contributed by atoms with Crippen LogP contribution in [-0.2, 0) is 5.41 Å². The predicted molar refractivity (Wildman–Crippen MR) is 269 cm³/mol. The van der Waals surface area contributed by atoms with Crippen molar-refractivity contribution in [2.45, 2.75) is 103 Å². The van der Waals surface area contributed by atoms with E-state index >= 15 is 0 Å². The molecule has 0 amide bonds. The van der Waals surface area contributed by atoms with Crippen LogP contribution in [0.3, 0.4) is 0 Å². The minimum Gasteiger partial charge on any atom is -0.454 e. The molecule has 8 aromatic carbocycles. The van der Waals surface area contributed by atoms with E-state index in [0.29, 0.717) is 0 Å². The maximum Gasteiger partial charge on any atom is 0.147 e. The monoisotopic (exact) mass is 832 g/mol. The van der Waals surface area contributed by atoms with Gasteiger partial charge in [0.05, 0.1) is 11.1 Å². The summed E-state index contributed by atoms with van der Waals surface area (Å²) in [5, 5.41) is 19.4. The van der Waals surface area contributed by atoms with Gasteiger partial charge in [-0.2, -0.15) is 0 Å². The molecule has 1 aliphatic rings. The predicted octanol–water partition coefficient (Wildman–Crippen LogP) is 15.6. The summed E-state index contributed by atoms with van der Waals surface area (Å²) < 4.78 is 7.31. The minimum atomic E-state index is -1.12. The molecular formula is C62H56O2. The van der Waals surface area contributed by atoms with E-state index in [0.717, 1.165) is 97.3 Å². The van der Waals surface area contributed by atoms with Crippen molar-refractivity contribution in [2.24, 2.45) is 0 Å². The number of para-hydroxylation sites is 2. The zero-order valence-electron chi connectivity index (χ0n) is 37.7. The van der Waals surface area contributed by atoms with Crippen molar-refractivity contribution in [3.63, 3.8) is 0 Å². The van der Waals surface area contributed by atoms with Crippen LogP contribution in [0.15, 0.2) is 140 Å². The van der Waals surface area contributed by atoms with Crippen molar-refractivity contribution < 1.29 is 9.84 Å². The molecule has 8 aromatic rings. The van der Waals surface area contributed by atoms with Gasteiger partial charge in [-0.05, 0) is 88.0 Å². The first-order valence-electron chi connectivity index (χ1n) is 23.4. The van der Waals surface area contributed by atoms with Crippen molar-refractivity contribution in [3.05, 3.63) is 178 Å². The van der Waals surface area contributed by atoms with Crippen LogP contribution >= 0.6 is 0 Å². The first-order valence-corrected chi connectivity index (χ1v) is 23.4. The average molecular weight is 833 g/mol. The highest BCUT2D eigenvalue weighted by Gasteiger charge is 2.42. The average Bonchev–Trinajstić information content (AvgIpc) is 3.31. The molecule has 0 saturated heterocycles. The summed E-state index contributed by atoms with van der Waals surface area (Å²) in [5.41, 5.74) is 5.76. The Kier molecular flexibility index (Phi) is 12.3. The summed E-state index contributed by atoms with van der Waals surface area (Å²) in [7, 11) is 0. The van der Waals surface area contributed by atoms with Crippen LogP contribution in [0.1, 0.15) is 131 Å². The van der Waals surface area contributed by atoms with Crippen LogP contribution in [0, 0.1) is 35.5 Å². The molecule has 0 radical (unpaired) electrons. The number of hydrogen-bond donors (Lipinski definition) is 1. The second-order valence-corrected chi connectivity index (χ2v) is 18.0. The summed E-state index contributed by atoms with van der Waals surface area (Å²) >= 11 is 0. The molecular weight excluding hydrogens is 777 g/mol. The Morgan fingerprint density at radius 3 is 1.30 bits per heavy atom. The Hall–Kier alpha value is -6.76. The topological polar surface area (TPSA) is 29.5 Å². The van der Waals surface area contributed by atoms with Crippen LogP contribution in [0.2, 0.25) is 0 Å². The highest BCUT2D eigenvalue weighted by Crippen LogP contribution is 2.55. The van der Waals surface area contributed by atoms with Crippen molar-refractivity contribution in [1.29, 1.82) is 0 Å². The van der Waals surface area contributed by atoms with E-state index in [1.807, 2.05) is 12.1 Å². The fourth-order valence-corrected chi connectivity index (χ4v) is 9.88. The molecule has 316 valence electrons. The molecule has 0 bridgehead atoms. The maximum absolute atomic E-state index is 10.6. The van der Waals surface area contributed by atoms with E-state index in [-0.39, 0.29) is 5.41 Å². The van der Waals surface area contributed by atoms with Crippen molar-refractivity contribution >= 4 is 43.1 Å². The third-order valence-corrected chi connectivity index (χ3v) is 13.0. The van der Waals surface area contributed by atoms with Crippen molar-refractivity contribution in [3.8, 4) is 47.0 Å². The van der Waals surface area contributed by atoms with Crippen LogP contribution in [0.4, 0.5) is 0 Å². The number of benzene rings is 8. The summed E-state index contributed by atoms with van der Waals surface area (Å²) in [5.74, 6) is 22.9. The molecule has 0 aliphatic carbocycles. The minimum absolute atomic E-state index is 0.258. The zero-order valence-corrected chi connectivity index (χ0v) is 37.7. The fraction of sp³-hybridized carbons (Fsp3) is 0.258. The first-order chi connectivity index (χ1) is 31.3. The van der Waals surface area contributed by atoms with Gasteiger partial charge in [0.15, 0.2) is 0 Å². The molecule has 2 heteroatoms. The number of aliphatic hydroxyl groups is 1. The molecule has 0 spiro atoms. The molecule has 1 N–H and O–H groups in total. The normalized spacial score (nSPS) is 12.6. The van der Waals surface area contributed by atoms with Gasteiger partial charge >= 0.3 is 0 Å². The Morgan fingerprint density at radius 2 is 0.859 bits per heavy atom. The molecule has 0 saturated carbocycles. The Morgan fingerprint density at radius 1 is 0.453 bits per heavy atom. The van der Waals surface area contributed by atoms with E-state index < -0.39 is 5.60 Å². The van der Waals surface area contributed by atoms with Gasteiger partial charge in [-0.1, -0.05) is 222 Å². The lowest BCUT2D eigenvalue weighted by Gasteiger charge is -2.41. The van der Waals surface area contributed by atoms with E-state index in [1.165, 1.54) is 60.4 Å². The van der Waals surface area contributed by atoms with Crippen molar-refractivity contribution in [1.82, 2.24) is 0 Å². The van der Waals surface area contributed by atoms with Crippen LogP contribution < -0.4 is 4.74 Å². The lowest BCUT2D eigenvalue weighted by molar-refractivity contribution is 0.143. The van der Waals surface area contributed by atoms with E-state index in [4.69, 9.17) is 4.74 Å². The van der Waals surface area contributed by atoms with Gasteiger partial charge in [-0.25, -0.2) is 0 Å². The SMILES string of the molecule is CCCCCCC1(CCCCCC)c2cccc(C#Cc3c4ccccc4cc4ccccc34)c2Oc2c(C#Cc3c4ccccc4c(C#CC(C)(C)O)c4ccccc34)cccc21. The van der Waals surface area contributed by atoms with E-state index in [9.17, 15) is 5.11 Å². The Labute approximate surface area is 379 Å². The summed E-state index contributed by atoms with van der Waals surface area (Å²) in [4.78, 5) is 0. The van der Waals surface area contributed by atoms with E-state index in [1.54, 1.807) is 13.8 Å². The van der Waals surface area contributed by atoms with Gasteiger partial charge in [0, 0.05) is 33.2 Å². The Bertz CT molecular complexity index is 3110. The summed E-state index contributed by atoms with van der Waals surface area (Å²) in [6, 6.07) is 49.4. The molecule has 2 nitrogen and oxygen atoms in total. The molecule has 1 aliphatic heterocycles. The third-order valence-electron chi connectivity index (χ3n) is 13.0. The second kappa shape index (κ2) is 18.5. The molecule has 9 rings (SSSR count). The maximum atomic E-state index is 10.6. The third kappa shape index (κ3) is 8.38. The number of ether oxygens (including phenoxy) is 1. The number of fused-ring (bicyclic) bond motifs is 6. The van der Waals surface area contributed by atoms with Gasteiger partial charge in [0.25, 0.3) is 0 Å². The fourth-order valence-electron chi connectivity index (χ4n) is 9.88. The van der Waals surface area contributed by atoms with Gasteiger partial charge in [-0.15, -0.1) is 0 Å². The lowest BCUT2D eigenvalue weighted by Crippen LogP contribution is -2.32. The van der Waals surface area contributed by atoms with Crippen LogP contribution in [0.5, 0.6) is 11.5 Å². The number of unbranched alkanes of at least 4 members (excludes halogenated alkanes) is 6. The van der Waals surface area contributed by atoms with Crippen LogP contribution in [0.25, 0.3) is 43.1 Å². The molecule has 1 heterocycles. The first kappa shape index (κ1) is 42.5. The highest BCUT2D eigenvalue weighted by atomic mass is 16.5. The van der Waals surface area contributed by atoms with Gasteiger partial charge < -0.3 is 9.84 Å². The second-order valence-electron chi connectivity index (χ2n) is 18.0. The highest BCUT2D eigenvalue weighted by molar-refractivity contribution is 6.10.